The molecule has 0 bridgehead atoms. The Hall–Kier alpha value is -2.20. The van der Waals surface area contributed by atoms with Crippen LogP contribution < -0.4 is 0 Å². The molecule has 0 aliphatic heterocycles. The van der Waals surface area contributed by atoms with Gasteiger partial charge in [-0.1, -0.05) is 33.6 Å². The Labute approximate surface area is 175 Å². The molecule has 4 nitrogen and oxygen atoms in total. The number of fused-ring (bicyclic) bond motifs is 1. The molecule has 3 rings (SSSR count). The van der Waals surface area contributed by atoms with Gasteiger partial charge >= 0.3 is 0 Å². The van der Waals surface area contributed by atoms with Gasteiger partial charge in [0.05, 0.1) is 29.4 Å². The molecule has 3 heterocycles. The molecule has 156 valence electrons. The molecule has 4 heteroatoms. The van der Waals surface area contributed by atoms with Crippen molar-refractivity contribution in [3.63, 3.8) is 0 Å². The average Bonchev–Trinajstić information content (AvgIpc) is 3.00. The van der Waals surface area contributed by atoms with E-state index >= 15 is 0 Å². The van der Waals surface area contributed by atoms with Crippen molar-refractivity contribution in [1.82, 2.24) is 14.5 Å². The van der Waals surface area contributed by atoms with Gasteiger partial charge in [-0.05, 0) is 62.4 Å². The predicted octanol–water partition coefficient (Wildman–Crippen LogP) is 6.52. The first kappa shape index (κ1) is 21.5. The Morgan fingerprint density at radius 1 is 1.07 bits per heavy atom. The largest absolute Gasteiger partial charge is 0.383 e. The predicted molar refractivity (Wildman–Crippen MR) is 122 cm³/mol. The maximum Gasteiger partial charge on any atom is 0.0917 e. The molecule has 1 unspecified atom stereocenters. The number of aryl methyl sites for hydroxylation is 3. The lowest BCUT2D eigenvalue weighted by molar-refractivity contribution is 0.151. The summed E-state index contributed by atoms with van der Waals surface area (Å²) in [5.74, 6) is 0.427. The zero-order valence-electron chi connectivity index (χ0n) is 19.0. The van der Waals surface area contributed by atoms with Gasteiger partial charge in [0.25, 0.3) is 0 Å². The fraction of sp³-hybridized carbons (Fsp3) is 0.520. The minimum atomic E-state index is 0.344. The van der Waals surface area contributed by atoms with Crippen LogP contribution >= 0.6 is 0 Å². The van der Waals surface area contributed by atoms with E-state index in [-0.39, 0.29) is 0 Å². The van der Waals surface area contributed by atoms with Crippen LogP contribution in [0.25, 0.3) is 22.3 Å². The summed E-state index contributed by atoms with van der Waals surface area (Å²) in [6.45, 7) is 13.7. The molecule has 0 fully saturated rings. The summed E-state index contributed by atoms with van der Waals surface area (Å²) in [7, 11) is 1.79. The second kappa shape index (κ2) is 9.08. The molecule has 29 heavy (non-hydrogen) atoms. The third kappa shape index (κ3) is 4.37. The lowest BCUT2D eigenvalue weighted by Crippen LogP contribution is -2.14. The van der Waals surface area contributed by atoms with E-state index in [4.69, 9.17) is 14.7 Å². The number of hydrogen-bond acceptors (Lipinski definition) is 3. The Kier molecular flexibility index (Phi) is 6.74. The highest BCUT2D eigenvalue weighted by atomic mass is 16.5. The highest BCUT2D eigenvalue weighted by molar-refractivity contribution is 5.84. The molecule has 0 aliphatic carbocycles. The molecule has 3 aromatic heterocycles. The molecule has 0 saturated heterocycles. The lowest BCUT2D eigenvalue weighted by atomic mass is 10.0. The second-order valence-electron chi connectivity index (χ2n) is 8.52. The summed E-state index contributed by atoms with van der Waals surface area (Å²) in [5.41, 5.74) is 9.01. The molecule has 0 amide bonds. The molecule has 0 spiro atoms. The topological polar surface area (TPSA) is 39.9 Å². The van der Waals surface area contributed by atoms with Crippen molar-refractivity contribution in [2.75, 3.05) is 13.7 Å². The SMILES string of the molecule is CCCCC(COC)n1cc(C)c2nc(-c3ccc(C(C)C)nc3C)c(C)cc21. The molecule has 0 aliphatic rings. The highest BCUT2D eigenvalue weighted by Gasteiger charge is 2.19. The maximum atomic E-state index is 5.53. The molecular formula is C25H35N3O. The quantitative estimate of drug-likeness (QED) is 0.437. The molecular weight excluding hydrogens is 358 g/mol. The van der Waals surface area contributed by atoms with E-state index in [0.717, 1.165) is 41.2 Å². The van der Waals surface area contributed by atoms with Crippen molar-refractivity contribution >= 4 is 11.0 Å². The van der Waals surface area contributed by atoms with Gasteiger partial charge in [-0.3, -0.25) is 4.98 Å². The Morgan fingerprint density at radius 3 is 2.45 bits per heavy atom. The third-order valence-electron chi connectivity index (χ3n) is 5.77. The maximum absolute atomic E-state index is 5.53. The van der Waals surface area contributed by atoms with Crippen LogP contribution in [0.4, 0.5) is 0 Å². The Bertz CT molecular complexity index is 987. The van der Waals surface area contributed by atoms with Gasteiger partial charge in [0, 0.05) is 30.3 Å². The van der Waals surface area contributed by atoms with Crippen molar-refractivity contribution in [1.29, 1.82) is 0 Å². The summed E-state index contributed by atoms with van der Waals surface area (Å²) >= 11 is 0. The first-order valence-corrected chi connectivity index (χ1v) is 10.8. The molecule has 3 aromatic rings. The van der Waals surface area contributed by atoms with E-state index in [0.29, 0.717) is 12.0 Å². The fourth-order valence-corrected chi connectivity index (χ4v) is 4.09. The first-order chi connectivity index (χ1) is 13.9. The Balaban J connectivity index is 2.10. The number of methoxy groups -OCH3 is 1. The number of pyridine rings is 2. The summed E-state index contributed by atoms with van der Waals surface area (Å²) in [6, 6.07) is 6.95. The van der Waals surface area contributed by atoms with Gasteiger partial charge in [-0.15, -0.1) is 0 Å². The molecule has 0 N–H and O–H groups in total. The number of aromatic nitrogens is 3. The molecule has 0 radical (unpaired) electrons. The highest BCUT2D eigenvalue weighted by Crippen LogP contribution is 2.32. The lowest BCUT2D eigenvalue weighted by Gasteiger charge is -2.19. The van der Waals surface area contributed by atoms with Crippen LogP contribution in [0.3, 0.4) is 0 Å². The van der Waals surface area contributed by atoms with Crippen LogP contribution in [0.15, 0.2) is 24.4 Å². The van der Waals surface area contributed by atoms with E-state index in [2.05, 4.69) is 70.5 Å². The molecule has 0 saturated carbocycles. The van der Waals surface area contributed by atoms with Crippen LogP contribution in [0.5, 0.6) is 0 Å². The molecule has 1 atom stereocenters. The van der Waals surface area contributed by atoms with Gasteiger partial charge in [0.1, 0.15) is 0 Å². The number of nitrogens with zero attached hydrogens (tertiary/aromatic N) is 3. The number of rotatable bonds is 8. The zero-order valence-corrected chi connectivity index (χ0v) is 19.0. The number of unbranched alkanes of at least 4 members (excludes halogenated alkanes) is 1. The Morgan fingerprint density at radius 2 is 1.83 bits per heavy atom. The average molecular weight is 394 g/mol. The summed E-state index contributed by atoms with van der Waals surface area (Å²) in [5, 5.41) is 0. The van der Waals surface area contributed by atoms with Crippen LogP contribution in [-0.2, 0) is 4.74 Å². The van der Waals surface area contributed by atoms with Gasteiger partial charge in [-0.2, -0.15) is 0 Å². The summed E-state index contributed by atoms with van der Waals surface area (Å²) < 4.78 is 7.91. The monoisotopic (exact) mass is 393 g/mol. The fourth-order valence-electron chi connectivity index (χ4n) is 4.09. The van der Waals surface area contributed by atoms with Crippen LogP contribution in [0.2, 0.25) is 0 Å². The van der Waals surface area contributed by atoms with Gasteiger partial charge in [0.2, 0.25) is 0 Å². The summed E-state index contributed by atoms with van der Waals surface area (Å²) in [4.78, 5) is 9.94. The van der Waals surface area contributed by atoms with Crippen LogP contribution in [0.1, 0.15) is 74.5 Å². The van der Waals surface area contributed by atoms with Crippen molar-refractivity contribution in [3.05, 3.63) is 46.9 Å². The number of ether oxygens (including phenoxy) is 1. The third-order valence-corrected chi connectivity index (χ3v) is 5.77. The molecule has 0 aromatic carbocycles. The van der Waals surface area contributed by atoms with Gasteiger partial charge < -0.3 is 9.30 Å². The standard InChI is InChI=1S/C25H35N3O/c1-8-9-10-20(15-29-7)28-14-18(5)25-23(28)13-17(4)24(27-25)21-11-12-22(16(2)3)26-19(21)6/h11-14,16,20H,8-10,15H2,1-7H3. The van der Waals surface area contributed by atoms with Crippen LogP contribution in [-0.4, -0.2) is 28.3 Å². The van der Waals surface area contributed by atoms with E-state index in [1.807, 2.05) is 0 Å². The van der Waals surface area contributed by atoms with E-state index in [1.165, 1.54) is 29.5 Å². The van der Waals surface area contributed by atoms with Crippen molar-refractivity contribution in [2.45, 2.75) is 72.8 Å². The zero-order chi connectivity index (χ0) is 21.1. The smallest absolute Gasteiger partial charge is 0.0917 e. The van der Waals surface area contributed by atoms with Crippen molar-refractivity contribution in [3.8, 4) is 11.3 Å². The van der Waals surface area contributed by atoms with Crippen molar-refractivity contribution < 1.29 is 4.74 Å². The normalized spacial score (nSPS) is 12.8. The minimum Gasteiger partial charge on any atom is -0.383 e. The van der Waals surface area contributed by atoms with E-state index in [1.54, 1.807) is 7.11 Å². The van der Waals surface area contributed by atoms with Crippen LogP contribution in [0, 0.1) is 20.8 Å². The summed E-state index contributed by atoms with van der Waals surface area (Å²) in [6.07, 6.45) is 5.75. The second-order valence-corrected chi connectivity index (χ2v) is 8.52. The van der Waals surface area contributed by atoms with Gasteiger partial charge in [-0.25, -0.2) is 4.98 Å². The van der Waals surface area contributed by atoms with Crippen molar-refractivity contribution in [2.24, 2.45) is 0 Å². The first-order valence-electron chi connectivity index (χ1n) is 10.8. The van der Waals surface area contributed by atoms with Gasteiger partial charge in [0.15, 0.2) is 0 Å². The minimum absolute atomic E-state index is 0.344. The van der Waals surface area contributed by atoms with E-state index < -0.39 is 0 Å². The number of hydrogen-bond donors (Lipinski definition) is 0. The van der Waals surface area contributed by atoms with E-state index in [9.17, 15) is 0 Å².